The Morgan fingerprint density at radius 1 is 1.07 bits per heavy atom. The minimum Gasteiger partial charge on any atom is -0.369 e. The summed E-state index contributed by atoms with van der Waals surface area (Å²) in [4.78, 5) is 27.9. The molecule has 2 N–H and O–H groups in total. The van der Waals surface area contributed by atoms with Crippen LogP contribution in [0.4, 0.5) is 23.7 Å². The smallest absolute Gasteiger partial charge is 0.369 e. The Morgan fingerprint density at radius 3 is 2.21 bits per heavy atom. The van der Waals surface area contributed by atoms with Crippen LogP contribution in [0.15, 0.2) is 24.3 Å². The van der Waals surface area contributed by atoms with Crippen molar-refractivity contribution in [1.29, 1.82) is 0 Å². The van der Waals surface area contributed by atoms with Crippen LogP contribution >= 0.6 is 0 Å². The predicted molar refractivity (Wildman–Crippen MR) is 101 cm³/mol. The van der Waals surface area contributed by atoms with Gasteiger partial charge in [-0.1, -0.05) is 6.07 Å². The molecule has 1 fully saturated rings. The molecule has 28 heavy (non-hydrogen) atoms. The zero-order valence-corrected chi connectivity index (χ0v) is 16.6. The Morgan fingerprint density at radius 2 is 1.68 bits per heavy atom. The lowest BCUT2D eigenvalue weighted by atomic mass is 10.1. The number of nitrogens with one attached hydrogen (secondary N) is 2. The van der Waals surface area contributed by atoms with E-state index in [0.29, 0.717) is 31.9 Å². The van der Waals surface area contributed by atoms with Crippen LogP contribution in [0.2, 0.25) is 0 Å². The molecule has 0 aromatic heterocycles. The highest BCUT2D eigenvalue weighted by Gasteiger charge is 2.32. The SMILES string of the molecule is CC(C(=O)NC(=O)NC(C)(C)C)N1CCN(c2cccc(C(F)(F)F)c2)CC1. The number of benzene rings is 1. The largest absolute Gasteiger partial charge is 0.416 e. The van der Waals surface area contributed by atoms with Crippen LogP contribution in [-0.4, -0.2) is 54.6 Å². The molecule has 1 unspecified atom stereocenters. The van der Waals surface area contributed by atoms with E-state index in [1.165, 1.54) is 6.07 Å². The van der Waals surface area contributed by atoms with Gasteiger partial charge in [-0.05, 0) is 45.9 Å². The van der Waals surface area contributed by atoms with Crippen molar-refractivity contribution in [2.75, 3.05) is 31.1 Å². The highest BCUT2D eigenvalue weighted by molar-refractivity contribution is 5.97. The molecule has 1 aliphatic heterocycles. The minimum absolute atomic E-state index is 0.408. The molecule has 0 radical (unpaired) electrons. The number of alkyl halides is 3. The molecule has 1 saturated heterocycles. The van der Waals surface area contributed by atoms with E-state index in [4.69, 9.17) is 0 Å². The maximum atomic E-state index is 12.9. The second-order valence-electron chi connectivity index (χ2n) is 7.94. The van der Waals surface area contributed by atoms with E-state index in [1.54, 1.807) is 13.0 Å². The van der Waals surface area contributed by atoms with Crippen LogP contribution in [0.1, 0.15) is 33.3 Å². The van der Waals surface area contributed by atoms with E-state index in [9.17, 15) is 22.8 Å². The quantitative estimate of drug-likeness (QED) is 0.819. The monoisotopic (exact) mass is 400 g/mol. The molecule has 2 rings (SSSR count). The van der Waals surface area contributed by atoms with E-state index in [-0.39, 0.29) is 0 Å². The fourth-order valence-electron chi connectivity index (χ4n) is 3.00. The van der Waals surface area contributed by atoms with Crippen molar-refractivity contribution >= 4 is 17.6 Å². The second kappa shape index (κ2) is 8.38. The van der Waals surface area contributed by atoms with Gasteiger partial charge in [0.2, 0.25) is 5.91 Å². The van der Waals surface area contributed by atoms with Gasteiger partial charge in [-0.25, -0.2) is 4.79 Å². The molecule has 0 bridgehead atoms. The predicted octanol–water partition coefficient (Wildman–Crippen LogP) is 2.84. The molecule has 1 atom stereocenters. The molecular weight excluding hydrogens is 373 g/mol. The van der Waals surface area contributed by atoms with Gasteiger partial charge in [0.1, 0.15) is 0 Å². The normalized spacial score (nSPS) is 17.2. The van der Waals surface area contributed by atoms with Crippen molar-refractivity contribution < 1.29 is 22.8 Å². The minimum atomic E-state index is -4.38. The van der Waals surface area contributed by atoms with Gasteiger partial charge in [-0.2, -0.15) is 13.2 Å². The standard InChI is InChI=1S/C19H27F3N4O2/c1-13(16(27)23-17(28)24-18(2,3)4)25-8-10-26(11-9-25)15-7-5-6-14(12-15)19(20,21)22/h5-7,12-13H,8-11H2,1-4H3,(H2,23,24,27,28). The van der Waals surface area contributed by atoms with Gasteiger partial charge < -0.3 is 10.2 Å². The third kappa shape index (κ3) is 6.12. The van der Waals surface area contributed by atoms with Gasteiger partial charge in [0.05, 0.1) is 11.6 Å². The first kappa shape index (κ1) is 22.0. The van der Waals surface area contributed by atoms with Crippen molar-refractivity contribution in [3.63, 3.8) is 0 Å². The fraction of sp³-hybridized carbons (Fsp3) is 0.579. The van der Waals surface area contributed by atoms with Crippen molar-refractivity contribution in [3.8, 4) is 0 Å². The van der Waals surface area contributed by atoms with Gasteiger partial charge in [-0.3, -0.25) is 15.0 Å². The third-order valence-electron chi connectivity index (χ3n) is 4.51. The highest BCUT2D eigenvalue weighted by Crippen LogP contribution is 2.31. The Labute approximate surface area is 163 Å². The van der Waals surface area contributed by atoms with E-state index < -0.39 is 35.3 Å². The summed E-state index contributed by atoms with van der Waals surface area (Å²) in [6.45, 7) is 9.14. The summed E-state index contributed by atoms with van der Waals surface area (Å²) in [6, 6.07) is 4.17. The summed E-state index contributed by atoms with van der Waals surface area (Å²) < 4.78 is 38.7. The summed E-state index contributed by atoms with van der Waals surface area (Å²) in [5, 5.41) is 5.00. The first-order chi connectivity index (χ1) is 12.9. The van der Waals surface area contributed by atoms with Gasteiger partial charge >= 0.3 is 12.2 Å². The second-order valence-corrected chi connectivity index (χ2v) is 7.94. The average Bonchev–Trinajstić information content (AvgIpc) is 2.59. The Balaban J connectivity index is 1.91. The van der Waals surface area contributed by atoms with Gasteiger partial charge in [0.25, 0.3) is 0 Å². The number of hydrogen-bond acceptors (Lipinski definition) is 4. The average molecular weight is 400 g/mol. The van der Waals surface area contributed by atoms with Crippen molar-refractivity contribution in [1.82, 2.24) is 15.5 Å². The number of halogens is 3. The third-order valence-corrected chi connectivity index (χ3v) is 4.51. The summed E-state index contributed by atoms with van der Waals surface area (Å²) in [7, 11) is 0. The Bertz CT molecular complexity index is 708. The zero-order chi connectivity index (χ0) is 21.1. The van der Waals surface area contributed by atoms with E-state index in [0.717, 1.165) is 12.1 Å². The molecule has 1 aliphatic rings. The number of carbonyl (C=O) groups is 2. The summed E-state index contributed by atoms with van der Waals surface area (Å²) >= 11 is 0. The molecule has 6 nitrogen and oxygen atoms in total. The molecule has 0 saturated carbocycles. The number of piperazine rings is 1. The summed E-state index contributed by atoms with van der Waals surface area (Å²) in [5.74, 6) is -0.408. The Hall–Kier alpha value is -2.29. The number of urea groups is 1. The molecule has 1 aromatic carbocycles. The lowest BCUT2D eigenvalue weighted by Crippen LogP contribution is -2.56. The lowest BCUT2D eigenvalue weighted by Gasteiger charge is -2.38. The van der Waals surface area contributed by atoms with Gasteiger partial charge in [-0.15, -0.1) is 0 Å². The topological polar surface area (TPSA) is 64.7 Å². The zero-order valence-electron chi connectivity index (χ0n) is 16.6. The molecule has 3 amide bonds. The highest BCUT2D eigenvalue weighted by atomic mass is 19.4. The maximum Gasteiger partial charge on any atom is 0.416 e. The number of rotatable bonds is 3. The van der Waals surface area contributed by atoms with Crippen LogP contribution in [0.5, 0.6) is 0 Å². The summed E-state index contributed by atoms with van der Waals surface area (Å²) in [5.41, 5.74) is -0.620. The number of amides is 3. The number of carbonyl (C=O) groups excluding carboxylic acids is 2. The van der Waals surface area contributed by atoms with Gasteiger partial charge in [0, 0.05) is 37.4 Å². The van der Waals surface area contributed by atoms with Gasteiger partial charge in [0.15, 0.2) is 0 Å². The number of nitrogens with zero attached hydrogens (tertiary/aromatic N) is 2. The van der Waals surface area contributed by atoms with Crippen LogP contribution in [0, 0.1) is 0 Å². The van der Waals surface area contributed by atoms with E-state index >= 15 is 0 Å². The fourth-order valence-corrected chi connectivity index (χ4v) is 3.00. The molecule has 1 aromatic rings. The maximum absolute atomic E-state index is 12.9. The first-order valence-electron chi connectivity index (χ1n) is 9.16. The molecule has 0 aliphatic carbocycles. The molecule has 156 valence electrons. The van der Waals surface area contributed by atoms with Crippen LogP contribution in [0.25, 0.3) is 0 Å². The van der Waals surface area contributed by atoms with Crippen molar-refractivity contribution in [2.24, 2.45) is 0 Å². The van der Waals surface area contributed by atoms with Crippen molar-refractivity contribution in [2.45, 2.75) is 45.5 Å². The Kier molecular flexibility index (Phi) is 6.59. The molecular formula is C19H27F3N4O2. The number of anilines is 1. The number of hydrogen-bond donors (Lipinski definition) is 2. The lowest BCUT2D eigenvalue weighted by molar-refractivity contribution is -0.137. The summed E-state index contributed by atoms with van der Waals surface area (Å²) in [6.07, 6.45) is -4.38. The van der Waals surface area contributed by atoms with Crippen LogP contribution in [0.3, 0.4) is 0 Å². The molecule has 1 heterocycles. The van der Waals surface area contributed by atoms with Crippen LogP contribution < -0.4 is 15.5 Å². The van der Waals surface area contributed by atoms with Crippen molar-refractivity contribution in [3.05, 3.63) is 29.8 Å². The first-order valence-corrected chi connectivity index (χ1v) is 9.16. The van der Waals surface area contributed by atoms with E-state index in [2.05, 4.69) is 10.6 Å². The van der Waals surface area contributed by atoms with Crippen LogP contribution in [-0.2, 0) is 11.0 Å². The molecule has 9 heteroatoms. The number of imide groups is 1. The molecule has 0 spiro atoms. The van der Waals surface area contributed by atoms with E-state index in [1.807, 2.05) is 30.6 Å².